The number of aliphatic hydroxyl groups excluding tert-OH is 1. The Bertz CT molecular complexity index is 460. The van der Waals surface area contributed by atoms with E-state index in [9.17, 15) is 0 Å². The summed E-state index contributed by atoms with van der Waals surface area (Å²) in [6.07, 6.45) is 6.48. The molecule has 96 valence electrons. The lowest BCUT2D eigenvalue weighted by Gasteiger charge is -1.96. The van der Waals surface area contributed by atoms with E-state index in [1.165, 1.54) is 0 Å². The van der Waals surface area contributed by atoms with E-state index >= 15 is 0 Å². The zero-order valence-electron chi connectivity index (χ0n) is 10.0. The van der Waals surface area contributed by atoms with Crippen LogP contribution in [0.5, 0.6) is 0 Å². The van der Waals surface area contributed by atoms with Crippen molar-refractivity contribution in [3.8, 4) is 11.4 Å². The van der Waals surface area contributed by atoms with E-state index in [1.807, 2.05) is 12.1 Å². The van der Waals surface area contributed by atoms with Gasteiger partial charge in [-0.1, -0.05) is 18.2 Å². The van der Waals surface area contributed by atoms with Gasteiger partial charge in [0.1, 0.15) is 0 Å². The Balaban J connectivity index is 1.83. The molecule has 0 radical (unpaired) electrons. The second kappa shape index (κ2) is 7.13. The highest BCUT2D eigenvalue weighted by Crippen LogP contribution is 2.19. The van der Waals surface area contributed by atoms with Crippen molar-refractivity contribution in [3.63, 3.8) is 0 Å². The summed E-state index contributed by atoms with van der Waals surface area (Å²) in [6.45, 7) is 0.274. The molecule has 6 heteroatoms. The van der Waals surface area contributed by atoms with Gasteiger partial charge in [0.25, 0.3) is 0 Å². The molecule has 2 aromatic heterocycles. The van der Waals surface area contributed by atoms with Crippen molar-refractivity contribution < 1.29 is 5.11 Å². The van der Waals surface area contributed by atoms with Crippen LogP contribution in [-0.2, 0) is 0 Å². The maximum Gasteiger partial charge on any atom is 0.208 e. The smallest absolute Gasteiger partial charge is 0.208 e. The van der Waals surface area contributed by atoms with Crippen LogP contribution in [0, 0.1) is 0 Å². The molecular formula is C12H16N4OS. The number of rotatable bonds is 7. The first-order valence-corrected chi connectivity index (χ1v) is 6.95. The van der Waals surface area contributed by atoms with E-state index in [0.717, 1.165) is 41.6 Å². The van der Waals surface area contributed by atoms with Crippen LogP contribution in [0.2, 0.25) is 0 Å². The fourth-order valence-electron chi connectivity index (χ4n) is 1.50. The van der Waals surface area contributed by atoms with E-state index in [0.29, 0.717) is 0 Å². The quantitative estimate of drug-likeness (QED) is 0.592. The second-order valence-corrected chi connectivity index (χ2v) is 4.90. The molecule has 0 aromatic carbocycles. The van der Waals surface area contributed by atoms with Crippen molar-refractivity contribution in [1.29, 1.82) is 0 Å². The Labute approximate surface area is 110 Å². The summed E-state index contributed by atoms with van der Waals surface area (Å²) in [5.74, 6) is 1.73. The molecule has 0 amide bonds. The highest BCUT2D eigenvalue weighted by Gasteiger charge is 2.05. The summed E-state index contributed by atoms with van der Waals surface area (Å²) >= 11 is 1.63. The van der Waals surface area contributed by atoms with Gasteiger partial charge in [-0.2, -0.15) is 0 Å². The van der Waals surface area contributed by atoms with Crippen LogP contribution in [0.4, 0.5) is 0 Å². The molecule has 0 saturated heterocycles. The number of pyridine rings is 1. The summed E-state index contributed by atoms with van der Waals surface area (Å²) in [4.78, 5) is 8.45. The molecular weight excluding hydrogens is 248 g/mol. The zero-order chi connectivity index (χ0) is 12.6. The molecule has 2 aromatic rings. The zero-order valence-corrected chi connectivity index (χ0v) is 10.9. The average molecular weight is 264 g/mol. The topological polar surface area (TPSA) is 74.7 Å². The minimum atomic E-state index is 0.274. The number of unbranched alkanes of at least 4 members (excludes halogenated alkanes) is 2. The van der Waals surface area contributed by atoms with E-state index in [-0.39, 0.29) is 6.61 Å². The molecule has 2 N–H and O–H groups in total. The summed E-state index contributed by atoms with van der Waals surface area (Å²) in [5.41, 5.74) is 0.942. The molecule has 0 bridgehead atoms. The molecule has 0 aliphatic rings. The third-order valence-electron chi connectivity index (χ3n) is 2.43. The lowest BCUT2D eigenvalue weighted by atomic mass is 10.3. The highest BCUT2D eigenvalue weighted by molar-refractivity contribution is 7.99. The SMILES string of the molecule is OCCCCCSc1n[nH]c(-c2cccnc2)n1. The van der Waals surface area contributed by atoms with Crippen molar-refractivity contribution in [2.45, 2.75) is 24.4 Å². The van der Waals surface area contributed by atoms with Crippen molar-refractivity contribution in [3.05, 3.63) is 24.5 Å². The molecule has 18 heavy (non-hydrogen) atoms. The third-order valence-corrected chi connectivity index (χ3v) is 3.37. The fraction of sp³-hybridized carbons (Fsp3) is 0.417. The van der Waals surface area contributed by atoms with Gasteiger partial charge in [0.2, 0.25) is 5.16 Å². The molecule has 0 aliphatic carbocycles. The number of aliphatic hydroxyl groups is 1. The van der Waals surface area contributed by atoms with Gasteiger partial charge < -0.3 is 5.11 Å². The Morgan fingerprint density at radius 1 is 1.28 bits per heavy atom. The second-order valence-electron chi connectivity index (χ2n) is 3.84. The summed E-state index contributed by atoms with van der Waals surface area (Å²) < 4.78 is 0. The van der Waals surface area contributed by atoms with Crippen LogP contribution in [-0.4, -0.2) is 37.6 Å². The van der Waals surface area contributed by atoms with Crippen LogP contribution in [0.25, 0.3) is 11.4 Å². The number of hydrogen-bond donors (Lipinski definition) is 2. The average Bonchev–Trinajstić information content (AvgIpc) is 2.88. The van der Waals surface area contributed by atoms with Crippen LogP contribution >= 0.6 is 11.8 Å². The molecule has 0 saturated carbocycles. The molecule has 0 unspecified atom stereocenters. The summed E-state index contributed by atoms with van der Waals surface area (Å²) in [5, 5.41) is 16.5. The normalized spacial score (nSPS) is 10.7. The van der Waals surface area contributed by atoms with E-state index in [4.69, 9.17) is 5.11 Å². The van der Waals surface area contributed by atoms with Gasteiger partial charge in [-0.25, -0.2) is 4.98 Å². The van der Waals surface area contributed by atoms with Crippen molar-refractivity contribution >= 4 is 11.8 Å². The number of aromatic amines is 1. The predicted molar refractivity (Wildman–Crippen MR) is 71.3 cm³/mol. The minimum Gasteiger partial charge on any atom is -0.396 e. The number of aromatic nitrogens is 4. The van der Waals surface area contributed by atoms with Gasteiger partial charge in [-0.3, -0.25) is 10.1 Å². The van der Waals surface area contributed by atoms with Crippen LogP contribution in [0.3, 0.4) is 0 Å². The standard InChI is InChI=1S/C12H16N4OS/c17-7-2-1-3-8-18-12-14-11(15-16-12)10-5-4-6-13-9-10/h4-6,9,17H,1-3,7-8H2,(H,14,15,16). The summed E-state index contributed by atoms with van der Waals surface area (Å²) in [7, 11) is 0. The van der Waals surface area contributed by atoms with Crippen LogP contribution < -0.4 is 0 Å². The first-order valence-electron chi connectivity index (χ1n) is 5.96. The van der Waals surface area contributed by atoms with Gasteiger partial charge >= 0.3 is 0 Å². The van der Waals surface area contributed by atoms with Gasteiger partial charge in [0, 0.05) is 30.3 Å². The minimum absolute atomic E-state index is 0.274. The van der Waals surface area contributed by atoms with Crippen LogP contribution in [0.1, 0.15) is 19.3 Å². The van der Waals surface area contributed by atoms with E-state index < -0.39 is 0 Å². The number of thioether (sulfide) groups is 1. The molecule has 0 spiro atoms. The first kappa shape index (κ1) is 13.0. The molecule has 0 fully saturated rings. The highest BCUT2D eigenvalue weighted by atomic mass is 32.2. The maximum atomic E-state index is 8.67. The molecule has 5 nitrogen and oxygen atoms in total. The lowest BCUT2D eigenvalue weighted by Crippen LogP contribution is -1.86. The monoisotopic (exact) mass is 264 g/mol. The van der Waals surface area contributed by atoms with Crippen molar-refractivity contribution in [1.82, 2.24) is 20.2 Å². The Morgan fingerprint density at radius 3 is 3.00 bits per heavy atom. The number of H-pyrrole nitrogens is 1. The van der Waals surface area contributed by atoms with Crippen molar-refractivity contribution in [2.75, 3.05) is 12.4 Å². The van der Waals surface area contributed by atoms with E-state index in [2.05, 4.69) is 20.2 Å². The van der Waals surface area contributed by atoms with Crippen LogP contribution in [0.15, 0.2) is 29.7 Å². The fourth-order valence-corrected chi connectivity index (χ4v) is 2.29. The molecule has 2 heterocycles. The number of hydrogen-bond acceptors (Lipinski definition) is 5. The number of nitrogens with zero attached hydrogens (tertiary/aromatic N) is 3. The van der Waals surface area contributed by atoms with Gasteiger partial charge in [0.15, 0.2) is 5.82 Å². The van der Waals surface area contributed by atoms with Crippen molar-refractivity contribution in [2.24, 2.45) is 0 Å². The van der Waals surface area contributed by atoms with Gasteiger partial charge in [-0.15, -0.1) is 5.10 Å². The Kier molecular flexibility index (Phi) is 5.16. The number of nitrogens with one attached hydrogen (secondary N) is 1. The van der Waals surface area contributed by atoms with E-state index in [1.54, 1.807) is 24.2 Å². The molecule has 0 aliphatic heterocycles. The Hall–Kier alpha value is -1.40. The lowest BCUT2D eigenvalue weighted by molar-refractivity contribution is 0.284. The predicted octanol–water partition coefficient (Wildman–Crippen LogP) is 2.12. The maximum absolute atomic E-state index is 8.67. The summed E-state index contributed by atoms with van der Waals surface area (Å²) in [6, 6.07) is 3.82. The largest absolute Gasteiger partial charge is 0.396 e. The van der Waals surface area contributed by atoms with Gasteiger partial charge in [0.05, 0.1) is 0 Å². The third kappa shape index (κ3) is 3.82. The molecule has 0 atom stereocenters. The molecule has 2 rings (SSSR count). The first-order chi connectivity index (χ1) is 8.90. The van der Waals surface area contributed by atoms with Gasteiger partial charge in [-0.05, 0) is 25.0 Å². The Morgan fingerprint density at radius 2 is 2.22 bits per heavy atom.